The molecular formula is C16H26N2O3S. The molecule has 0 aliphatic heterocycles. The Hall–Kier alpha value is -1.40. The van der Waals surface area contributed by atoms with Crippen LogP contribution in [0.1, 0.15) is 31.9 Å². The lowest BCUT2D eigenvalue weighted by molar-refractivity contribution is -0.128. The SMILES string of the molecule is Cc1ccccc1CN(CCNC(=O)C(C)(C)C)S(C)(=O)=O. The van der Waals surface area contributed by atoms with Crippen molar-refractivity contribution < 1.29 is 13.2 Å². The first-order chi connectivity index (χ1) is 10.0. The van der Waals surface area contributed by atoms with E-state index in [1.165, 1.54) is 10.6 Å². The van der Waals surface area contributed by atoms with Crippen LogP contribution in [0.25, 0.3) is 0 Å². The zero-order chi connectivity index (χ0) is 17.0. The Balaban J connectivity index is 2.72. The molecule has 0 fully saturated rings. The molecule has 0 spiro atoms. The topological polar surface area (TPSA) is 66.5 Å². The standard InChI is InChI=1S/C16H26N2O3S/c1-13-8-6-7-9-14(13)12-18(22(5,20)21)11-10-17-15(19)16(2,3)4/h6-9H,10-12H2,1-5H3,(H,17,19). The molecule has 0 bridgehead atoms. The van der Waals surface area contributed by atoms with Gasteiger partial charge in [0.05, 0.1) is 6.26 Å². The Labute approximate surface area is 133 Å². The molecule has 0 saturated carbocycles. The molecule has 0 radical (unpaired) electrons. The molecule has 22 heavy (non-hydrogen) atoms. The third-order valence-electron chi connectivity index (χ3n) is 3.40. The molecule has 1 aromatic carbocycles. The first kappa shape index (κ1) is 18.6. The summed E-state index contributed by atoms with van der Waals surface area (Å²) in [5.41, 5.74) is 1.54. The molecule has 1 aromatic rings. The number of amides is 1. The van der Waals surface area contributed by atoms with Gasteiger partial charge in [-0.2, -0.15) is 4.31 Å². The zero-order valence-corrected chi connectivity index (χ0v) is 14.8. The average molecular weight is 326 g/mol. The average Bonchev–Trinajstić information content (AvgIpc) is 2.37. The molecule has 5 nitrogen and oxygen atoms in total. The van der Waals surface area contributed by atoms with Crippen LogP contribution in [0.5, 0.6) is 0 Å². The van der Waals surface area contributed by atoms with Crippen molar-refractivity contribution in [3.8, 4) is 0 Å². The fourth-order valence-electron chi connectivity index (χ4n) is 1.90. The Kier molecular flexibility index (Phi) is 6.14. The molecule has 0 unspecified atom stereocenters. The minimum Gasteiger partial charge on any atom is -0.354 e. The van der Waals surface area contributed by atoms with Crippen LogP contribution in [0.4, 0.5) is 0 Å². The Bertz CT molecular complexity index is 619. The number of carbonyl (C=O) groups is 1. The van der Waals surface area contributed by atoms with E-state index in [9.17, 15) is 13.2 Å². The lowest BCUT2D eigenvalue weighted by atomic mass is 9.96. The van der Waals surface area contributed by atoms with Crippen molar-refractivity contribution in [1.82, 2.24) is 9.62 Å². The van der Waals surface area contributed by atoms with Crippen molar-refractivity contribution in [2.75, 3.05) is 19.3 Å². The summed E-state index contributed by atoms with van der Waals surface area (Å²) < 4.78 is 25.3. The smallest absolute Gasteiger partial charge is 0.225 e. The minimum absolute atomic E-state index is 0.0863. The van der Waals surface area contributed by atoms with Crippen molar-refractivity contribution in [3.63, 3.8) is 0 Å². The van der Waals surface area contributed by atoms with E-state index < -0.39 is 15.4 Å². The van der Waals surface area contributed by atoms with Crippen molar-refractivity contribution in [3.05, 3.63) is 35.4 Å². The zero-order valence-electron chi connectivity index (χ0n) is 14.0. The predicted molar refractivity (Wildman–Crippen MR) is 88.9 cm³/mol. The highest BCUT2D eigenvalue weighted by Crippen LogP contribution is 2.14. The van der Waals surface area contributed by atoms with Crippen LogP contribution in [0.15, 0.2) is 24.3 Å². The molecule has 6 heteroatoms. The summed E-state index contributed by atoms with van der Waals surface area (Å²) in [6, 6.07) is 7.69. The van der Waals surface area contributed by atoms with Crippen LogP contribution >= 0.6 is 0 Å². The maximum absolute atomic E-state index is 11.9. The molecule has 1 rings (SSSR count). The van der Waals surface area contributed by atoms with Crippen molar-refractivity contribution in [1.29, 1.82) is 0 Å². The lowest BCUT2D eigenvalue weighted by Crippen LogP contribution is -2.41. The van der Waals surface area contributed by atoms with E-state index in [1.807, 2.05) is 52.0 Å². The van der Waals surface area contributed by atoms with E-state index in [0.29, 0.717) is 13.1 Å². The molecule has 0 aliphatic rings. The second-order valence-electron chi connectivity index (χ2n) is 6.53. The number of carbonyl (C=O) groups excluding carboxylic acids is 1. The fourth-order valence-corrected chi connectivity index (χ4v) is 2.70. The van der Waals surface area contributed by atoms with Gasteiger partial charge in [-0.15, -0.1) is 0 Å². The molecule has 0 saturated heterocycles. The highest BCUT2D eigenvalue weighted by molar-refractivity contribution is 7.88. The normalized spacial score (nSPS) is 12.5. The van der Waals surface area contributed by atoms with Crippen molar-refractivity contribution in [2.45, 2.75) is 34.2 Å². The van der Waals surface area contributed by atoms with E-state index in [2.05, 4.69) is 5.32 Å². The number of sulfonamides is 1. The number of aryl methyl sites for hydroxylation is 1. The van der Waals surface area contributed by atoms with Crippen LogP contribution < -0.4 is 5.32 Å². The Morgan fingerprint density at radius 2 is 1.82 bits per heavy atom. The summed E-state index contributed by atoms with van der Waals surface area (Å²) in [5, 5.41) is 2.78. The summed E-state index contributed by atoms with van der Waals surface area (Å²) in [6.45, 7) is 8.30. The van der Waals surface area contributed by atoms with Crippen LogP contribution in [-0.2, 0) is 21.4 Å². The molecule has 1 amide bonds. The first-order valence-electron chi connectivity index (χ1n) is 7.30. The second kappa shape index (κ2) is 7.24. The fraction of sp³-hybridized carbons (Fsp3) is 0.562. The predicted octanol–water partition coefficient (Wildman–Crippen LogP) is 1.92. The van der Waals surface area contributed by atoms with Gasteiger partial charge in [0, 0.05) is 25.0 Å². The summed E-state index contributed by atoms with van der Waals surface area (Å²) in [4.78, 5) is 11.8. The Morgan fingerprint density at radius 1 is 1.23 bits per heavy atom. The van der Waals surface area contributed by atoms with Crippen molar-refractivity contribution in [2.24, 2.45) is 5.41 Å². The van der Waals surface area contributed by atoms with Gasteiger partial charge in [0.2, 0.25) is 15.9 Å². The van der Waals surface area contributed by atoms with Crippen LogP contribution in [0.3, 0.4) is 0 Å². The van der Waals surface area contributed by atoms with E-state index in [0.717, 1.165) is 11.1 Å². The van der Waals surface area contributed by atoms with Gasteiger partial charge in [0.1, 0.15) is 0 Å². The van der Waals surface area contributed by atoms with Gasteiger partial charge >= 0.3 is 0 Å². The maximum atomic E-state index is 11.9. The number of rotatable bonds is 6. The molecule has 0 atom stereocenters. The van der Waals surface area contributed by atoms with Crippen LogP contribution in [0.2, 0.25) is 0 Å². The summed E-state index contributed by atoms with van der Waals surface area (Å²) >= 11 is 0. The first-order valence-corrected chi connectivity index (χ1v) is 9.14. The van der Waals surface area contributed by atoms with Crippen LogP contribution in [0, 0.1) is 12.3 Å². The van der Waals surface area contributed by atoms with Crippen molar-refractivity contribution >= 4 is 15.9 Å². The highest BCUT2D eigenvalue weighted by Gasteiger charge is 2.22. The van der Waals surface area contributed by atoms with Gasteiger partial charge in [0.25, 0.3) is 0 Å². The number of benzene rings is 1. The van der Waals surface area contributed by atoms with Gasteiger partial charge in [-0.05, 0) is 18.1 Å². The van der Waals surface area contributed by atoms with E-state index in [1.54, 1.807) is 0 Å². The van der Waals surface area contributed by atoms with Gasteiger partial charge < -0.3 is 5.32 Å². The minimum atomic E-state index is -3.33. The Morgan fingerprint density at radius 3 is 2.32 bits per heavy atom. The van der Waals surface area contributed by atoms with E-state index in [4.69, 9.17) is 0 Å². The van der Waals surface area contributed by atoms with Crippen LogP contribution in [-0.4, -0.2) is 38.0 Å². The number of hydrogen-bond donors (Lipinski definition) is 1. The lowest BCUT2D eigenvalue weighted by Gasteiger charge is -2.23. The monoisotopic (exact) mass is 326 g/mol. The summed E-state index contributed by atoms with van der Waals surface area (Å²) in [5.74, 6) is -0.0863. The van der Waals surface area contributed by atoms with E-state index in [-0.39, 0.29) is 12.5 Å². The van der Waals surface area contributed by atoms with Gasteiger partial charge in [0.15, 0.2) is 0 Å². The number of nitrogens with zero attached hydrogens (tertiary/aromatic N) is 1. The molecular weight excluding hydrogens is 300 g/mol. The summed E-state index contributed by atoms with van der Waals surface area (Å²) in [7, 11) is -3.33. The molecule has 0 heterocycles. The van der Waals surface area contributed by atoms with E-state index >= 15 is 0 Å². The quantitative estimate of drug-likeness (QED) is 0.868. The molecule has 0 aromatic heterocycles. The third kappa shape index (κ3) is 5.77. The highest BCUT2D eigenvalue weighted by atomic mass is 32.2. The molecule has 0 aliphatic carbocycles. The maximum Gasteiger partial charge on any atom is 0.225 e. The number of nitrogens with one attached hydrogen (secondary N) is 1. The third-order valence-corrected chi connectivity index (χ3v) is 4.65. The molecule has 124 valence electrons. The van der Waals surface area contributed by atoms with Gasteiger partial charge in [-0.1, -0.05) is 45.0 Å². The summed E-state index contributed by atoms with van der Waals surface area (Å²) in [6.07, 6.45) is 1.19. The molecule has 1 N–H and O–H groups in total. The second-order valence-corrected chi connectivity index (χ2v) is 8.51. The number of hydrogen-bond acceptors (Lipinski definition) is 3. The van der Waals surface area contributed by atoms with Gasteiger partial charge in [-0.25, -0.2) is 8.42 Å². The van der Waals surface area contributed by atoms with Gasteiger partial charge in [-0.3, -0.25) is 4.79 Å². The largest absolute Gasteiger partial charge is 0.354 e.